The minimum absolute atomic E-state index is 0.0341. The third-order valence-electron chi connectivity index (χ3n) is 8.13. The van der Waals surface area contributed by atoms with Crippen molar-refractivity contribution in [1.29, 1.82) is 0 Å². The number of carbonyl (C=O) groups excluding carboxylic acids is 2. The average molecular weight is 546 g/mol. The summed E-state index contributed by atoms with van der Waals surface area (Å²) in [7, 11) is 0. The van der Waals surface area contributed by atoms with Crippen LogP contribution in [-0.4, -0.2) is 53.3 Å². The number of benzene rings is 2. The SMILES string of the molecule is CC(=O)N[C@@H](C)c1cc(Cl)ccc1C1CCN(C(=O)C2CN(C(C)(C)C)C[C@H]2c2ccc(F)cc2F)CC1. The Kier molecular flexibility index (Phi) is 8.48. The molecule has 1 unspecified atom stereocenters. The zero-order chi connectivity index (χ0) is 27.8. The quantitative estimate of drug-likeness (QED) is 0.499. The second-order valence-electron chi connectivity index (χ2n) is 11.7. The molecule has 0 aliphatic carbocycles. The van der Waals surface area contributed by atoms with E-state index in [2.05, 4.69) is 31.0 Å². The van der Waals surface area contributed by atoms with Gasteiger partial charge in [0.25, 0.3) is 0 Å². The molecule has 0 saturated carbocycles. The van der Waals surface area contributed by atoms with Crippen molar-refractivity contribution in [2.45, 2.75) is 70.9 Å². The highest BCUT2D eigenvalue weighted by Crippen LogP contribution is 2.40. The number of hydrogen-bond donors (Lipinski definition) is 1. The summed E-state index contributed by atoms with van der Waals surface area (Å²) in [6.45, 7) is 12.0. The third kappa shape index (κ3) is 6.20. The highest BCUT2D eigenvalue weighted by Gasteiger charge is 2.44. The maximum Gasteiger partial charge on any atom is 0.227 e. The summed E-state index contributed by atoms with van der Waals surface area (Å²) in [6, 6.07) is 9.32. The minimum atomic E-state index is -0.615. The molecule has 206 valence electrons. The molecule has 38 heavy (non-hydrogen) atoms. The molecular formula is C30H38ClF2N3O2. The van der Waals surface area contributed by atoms with Gasteiger partial charge in [0.15, 0.2) is 0 Å². The number of rotatable bonds is 5. The van der Waals surface area contributed by atoms with Gasteiger partial charge < -0.3 is 10.2 Å². The maximum absolute atomic E-state index is 14.8. The fraction of sp³-hybridized carbons (Fsp3) is 0.533. The molecule has 2 heterocycles. The van der Waals surface area contributed by atoms with Crippen LogP contribution in [0.1, 0.15) is 82.0 Å². The van der Waals surface area contributed by atoms with Gasteiger partial charge in [-0.2, -0.15) is 0 Å². The zero-order valence-electron chi connectivity index (χ0n) is 22.9. The lowest BCUT2D eigenvalue weighted by atomic mass is 9.83. The molecule has 2 aromatic carbocycles. The Morgan fingerprint density at radius 2 is 1.68 bits per heavy atom. The smallest absolute Gasteiger partial charge is 0.227 e. The Morgan fingerprint density at radius 3 is 2.29 bits per heavy atom. The van der Waals surface area contributed by atoms with Gasteiger partial charge in [0.05, 0.1) is 12.0 Å². The van der Waals surface area contributed by atoms with Crippen LogP contribution in [0.2, 0.25) is 5.02 Å². The highest BCUT2D eigenvalue weighted by atomic mass is 35.5. The molecular weight excluding hydrogens is 508 g/mol. The van der Waals surface area contributed by atoms with Crippen molar-refractivity contribution in [2.24, 2.45) is 5.92 Å². The molecule has 4 rings (SSSR count). The summed E-state index contributed by atoms with van der Waals surface area (Å²) < 4.78 is 28.5. The van der Waals surface area contributed by atoms with Gasteiger partial charge in [-0.1, -0.05) is 23.7 Å². The standard InChI is InChI=1S/C30H38ClF2N3O2/c1-18(34-19(2)37)25-14-21(31)6-8-23(25)20-10-12-35(13-11-20)29(38)27-17-36(30(3,4)5)16-26(27)24-9-7-22(32)15-28(24)33/h6-9,14-15,18,20,26-27H,10-13,16-17H2,1-5H3,(H,34,37)/t18-,26-,27?/m0/s1. The van der Waals surface area contributed by atoms with Gasteiger partial charge in [-0.15, -0.1) is 0 Å². The summed E-state index contributed by atoms with van der Waals surface area (Å²) in [5.41, 5.74) is 2.38. The van der Waals surface area contributed by atoms with Crippen molar-refractivity contribution in [3.63, 3.8) is 0 Å². The van der Waals surface area contributed by atoms with Gasteiger partial charge in [-0.3, -0.25) is 14.5 Å². The van der Waals surface area contributed by atoms with Gasteiger partial charge in [0.2, 0.25) is 11.8 Å². The summed E-state index contributed by atoms with van der Waals surface area (Å²) in [5, 5.41) is 3.58. The molecule has 5 nitrogen and oxygen atoms in total. The van der Waals surface area contributed by atoms with Gasteiger partial charge >= 0.3 is 0 Å². The molecule has 0 spiro atoms. The summed E-state index contributed by atoms with van der Waals surface area (Å²) in [5.74, 6) is -1.76. The second-order valence-corrected chi connectivity index (χ2v) is 12.2. The number of hydrogen-bond acceptors (Lipinski definition) is 3. The van der Waals surface area contributed by atoms with Crippen LogP contribution in [0.4, 0.5) is 8.78 Å². The van der Waals surface area contributed by atoms with E-state index in [1.165, 1.54) is 19.1 Å². The van der Waals surface area contributed by atoms with Gasteiger partial charge in [0, 0.05) is 55.6 Å². The molecule has 2 fully saturated rings. The highest BCUT2D eigenvalue weighted by molar-refractivity contribution is 6.30. The zero-order valence-corrected chi connectivity index (χ0v) is 23.6. The van der Waals surface area contributed by atoms with Crippen LogP contribution in [0.25, 0.3) is 0 Å². The molecule has 2 aromatic rings. The van der Waals surface area contributed by atoms with E-state index in [0.29, 0.717) is 36.8 Å². The first-order chi connectivity index (χ1) is 17.8. The van der Waals surface area contributed by atoms with E-state index in [-0.39, 0.29) is 35.2 Å². The van der Waals surface area contributed by atoms with Crippen LogP contribution in [0.15, 0.2) is 36.4 Å². The molecule has 2 aliphatic rings. The first-order valence-corrected chi connectivity index (χ1v) is 13.8. The van der Waals surface area contributed by atoms with E-state index in [4.69, 9.17) is 11.6 Å². The molecule has 0 bridgehead atoms. The molecule has 2 amide bonds. The van der Waals surface area contributed by atoms with Crippen molar-refractivity contribution in [2.75, 3.05) is 26.2 Å². The number of likely N-dealkylation sites (tertiary alicyclic amines) is 2. The lowest BCUT2D eigenvalue weighted by Gasteiger charge is -2.36. The van der Waals surface area contributed by atoms with Crippen molar-refractivity contribution in [3.05, 3.63) is 69.7 Å². The topological polar surface area (TPSA) is 52.7 Å². The Labute approximate surface area is 229 Å². The Hall–Kier alpha value is -2.51. The fourth-order valence-electron chi connectivity index (χ4n) is 6.04. The van der Waals surface area contributed by atoms with E-state index in [1.807, 2.05) is 30.0 Å². The van der Waals surface area contributed by atoms with Crippen LogP contribution in [-0.2, 0) is 9.59 Å². The lowest BCUT2D eigenvalue weighted by Crippen LogP contribution is -2.44. The van der Waals surface area contributed by atoms with Crippen LogP contribution in [0, 0.1) is 17.6 Å². The van der Waals surface area contributed by atoms with Crippen LogP contribution < -0.4 is 5.32 Å². The number of piperidine rings is 1. The third-order valence-corrected chi connectivity index (χ3v) is 8.36. The molecule has 0 aromatic heterocycles. The average Bonchev–Trinajstić information content (AvgIpc) is 3.29. The van der Waals surface area contributed by atoms with E-state index in [9.17, 15) is 18.4 Å². The van der Waals surface area contributed by atoms with Gasteiger partial charge in [-0.05, 0) is 81.3 Å². The number of amides is 2. The molecule has 2 saturated heterocycles. The first-order valence-electron chi connectivity index (χ1n) is 13.4. The minimum Gasteiger partial charge on any atom is -0.350 e. The monoisotopic (exact) mass is 545 g/mol. The van der Waals surface area contributed by atoms with Gasteiger partial charge in [-0.25, -0.2) is 8.78 Å². The normalized spacial score (nSPS) is 21.9. The molecule has 3 atom stereocenters. The van der Waals surface area contributed by atoms with Crippen LogP contribution >= 0.6 is 11.6 Å². The van der Waals surface area contributed by atoms with Crippen molar-refractivity contribution < 1.29 is 18.4 Å². The largest absolute Gasteiger partial charge is 0.350 e. The van der Waals surface area contributed by atoms with Crippen molar-refractivity contribution >= 4 is 23.4 Å². The van der Waals surface area contributed by atoms with E-state index >= 15 is 0 Å². The van der Waals surface area contributed by atoms with Crippen molar-refractivity contribution in [1.82, 2.24) is 15.1 Å². The molecule has 8 heteroatoms. The summed E-state index contributed by atoms with van der Waals surface area (Å²) in [4.78, 5) is 29.7. The lowest BCUT2D eigenvalue weighted by molar-refractivity contribution is -0.136. The number of halogens is 3. The molecule has 2 aliphatic heterocycles. The van der Waals surface area contributed by atoms with Crippen LogP contribution in [0.5, 0.6) is 0 Å². The Morgan fingerprint density at radius 1 is 1.03 bits per heavy atom. The maximum atomic E-state index is 14.8. The van der Waals surface area contributed by atoms with Crippen molar-refractivity contribution in [3.8, 4) is 0 Å². The van der Waals surface area contributed by atoms with E-state index < -0.39 is 17.6 Å². The van der Waals surface area contributed by atoms with Gasteiger partial charge in [0.1, 0.15) is 11.6 Å². The number of nitrogens with one attached hydrogen (secondary N) is 1. The number of nitrogens with zero attached hydrogens (tertiary/aromatic N) is 2. The summed E-state index contributed by atoms with van der Waals surface area (Å²) in [6.07, 6.45) is 1.58. The molecule has 1 N–H and O–H groups in total. The fourth-order valence-corrected chi connectivity index (χ4v) is 6.22. The molecule has 0 radical (unpaired) electrons. The van der Waals surface area contributed by atoms with E-state index in [1.54, 1.807) is 0 Å². The first kappa shape index (κ1) is 28.5. The second kappa shape index (κ2) is 11.3. The summed E-state index contributed by atoms with van der Waals surface area (Å²) >= 11 is 6.28. The predicted octanol–water partition coefficient (Wildman–Crippen LogP) is 6.04. The Bertz CT molecular complexity index is 1190. The number of carbonyl (C=O) groups is 2. The van der Waals surface area contributed by atoms with E-state index in [0.717, 1.165) is 30.0 Å². The predicted molar refractivity (Wildman–Crippen MR) is 146 cm³/mol. The Balaban J connectivity index is 1.51. The van der Waals surface area contributed by atoms with Crippen LogP contribution in [0.3, 0.4) is 0 Å².